The van der Waals surface area contributed by atoms with Crippen LogP contribution in [0.5, 0.6) is 0 Å². The van der Waals surface area contributed by atoms with Crippen LogP contribution in [0.2, 0.25) is 0 Å². The van der Waals surface area contributed by atoms with Crippen molar-refractivity contribution in [2.45, 2.75) is 11.3 Å². The van der Waals surface area contributed by atoms with Gasteiger partial charge < -0.3 is 10.4 Å². The zero-order valence-corrected chi connectivity index (χ0v) is 9.42. The second-order valence-electron chi connectivity index (χ2n) is 3.30. The Morgan fingerprint density at radius 2 is 1.87 bits per heavy atom. The van der Waals surface area contributed by atoms with Gasteiger partial charge in [0.05, 0.1) is 4.90 Å². The van der Waals surface area contributed by atoms with Crippen LogP contribution in [-0.4, -0.2) is 32.9 Å². The van der Waals surface area contributed by atoms with Crippen LogP contribution in [0.1, 0.15) is 6.42 Å². The molecule has 4 nitrogen and oxygen atoms in total. The average Bonchev–Trinajstić information content (AvgIpc) is 2.18. The first kappa shape index (κ1) is 12.0. The molecular formula is C10H15NO3S. The van der Waals surface area contributed by atoms with Gasteiger partial charge in [-0.15, -0.1) is 0 Å². The molecule has 0 aliphatic rings. The minimum absolute atomic E-state index is 0.147. The second-order valence-corrected chi connectivity index (χ2v) is 5.32. The standard InChI is InChI=1S/C10H15NO3S/c1-15(13,14)10-5-3-9(4-6-10)11-7-2-8-12/h3-6,11-12H,2,7-8H2,1H3. The Hall–Kier alpha value is -1.07. The number of aliphatic hydroxyl groups is 1. The lowest BCUT2D eigenvalue weighted by Crippen LogP contribution is -2.03. The Labute approximate surface area is 89.9 Å². The van der Waals surface area contributed by atoms with Crippen molar-refractivity contribution in [3.05, 3.63) is 24.3 Å². The molecule has 0 amide bonds. The van der Waals surface area contributed by atoms with Crippen molar-refractivity contribution in [2.24, 2.45) is 0 Å². The molecule has 84 valence electrons. The molecule has 0 aliphatic carbocycles. The largest absolute Gasteiger partial charge is 0.396 e. The van der Waals surface area contributed by atoms with Crippen LogP contribution in [0.25, 0.3) is 0 Å². The van der Waals surface area contributed by atoms with Gasteiger partial charge in [-0.3, -0.25) is 0 Å². The van der Waals surface area contributed by atoms with Crippen molar-refractivity contribution in [2.75, 3.05) is 24.7 Å². The summed E-state index contributed by atoms with van der Waals surface area (Å²) in [5.41, 5.74) is 0.857. The summed E-state index contributed by atoms with van der Waals surface area (Å²) in [7, 11) is -3.11. The summed E-state index contributed by atoms with van der Waals surface area (Å²) < 4.78 is 22.3. The van der Waals surface area contributed by atoms with Crippen molar-refractivity contribution in [3.63, 3.8) is 0 Å². The van der Waals surface area contributed by atoms with Crippen LogP contribution in [-0.2, 0) is 9.84 Å². The molecule has 0 bridgehead atoms. The van der Waals surface area contributed by atoms with Gasteiger partial charge in [0.25, 0.3) is 0 Å². The van der Waals surface area contributed by atoms with Crippen LogP contribution in [0.3, 0.4) is 0 Å². The van der Waals surface area contributed by atoms with Gasteiger partial charge in [-0.2, -0.15) is 0 Å². The van der Waals surface area contributed by atoms with E-state index in [1.54, 1.807) is 24.3 Å². The normalized spacial score (nSPS) is 11.3. The molecule has 0 fully saturated rings. The number of nitrogens with one attached hydrogen (secondary N) is 1. The third kappa shape index (κ3) is 3.89. The molecule has 2 N–H and O–H groups in total. The summed E-state index contributed by atoms with van der Waals surface area (Å²) >= 11 is 0. The molecule has 0 spiro atoms. The van der Waals surface area contributed by atoms with E-state index in [9.17, 15) is 8.42 Å². The highest BCUT2D eigenvalue weighted by atomic mass is 32.2. The predicted octanol–water partition coefficient (Wildman–Crippen LogP) is 0.884. The number of rotatable bonds is 5. The molecule has 0 heterocycles. The van der Waals surface area contributed by atoms with Crippen LogP contribution in [0.4, 0.5) is 5.69 Å². The monoisotopic (exact) mass is 229 g/mol. The number of benzene rings is 1. The van der Waals surface area contributed by atoms with Crippen molar-refractivity contribution in [1.82, 2.24) is 0 Å². The van der Waals surface area contributed by atoms with E-state index in [-0.39, 0.29) is 6.61 Å². The van der Waals surface area contributed by atoms with E-state index in [4.69, 9.17) is 5.11 Å². The number of sulfone groups is 1. The van der Waals surface area contributed by atoms with Gasteiger partial charge in [-0.05, 0) is 30.7 Å². The first-order valence-corrected chi connectivity index (χ1v) is 6.58. The van der Waals surface area contributed by atoms with Crippen LogP contribution >= 0.6 is 0 Å². The molecule has 0 radical (unpaired) electrons. The number of anilines is 1. The lowest BCUT2D eigenvalue weighted by Gasteiger charge is -2.05. The first-order chi connectivity index (χ1) is 7.04. The van der Waals surface area contributed by atoms with E-state index in [2.05, 4.69) is 5.32 Å². The second kappa shape index (κ2) is 5.14. The van der Waals surface area contributed by atoms with E-state index in [1.807, 2.05) is 0 Å². The predicted molar refractivity (Wildman–Crippen MR) is 59.7 cm³/mol. The van der Waals surface area contributed by atoms with Gasteiger partial charge in [0, 0.05) is 25.1 Å². The minimum atomic E-state index is -3.11. The Morgan fingerprint density at radius 3 is 2.33 bits per heavy atom. The smallest absolute Gasteiger partial charge is 0.175 e. The third-order valence-corrected chi connectivity index (χ3v) is 3.07. The maximum absolute atomic E-state index is 11.2. The zero-order chi connectivity index (χ0) is 11.3. The van der Waals surface area contributed by atoms with Gasteiger partial charge in [-0.1, -0.05) is 0 Å². The Morgan fingerprint density at radius 1 is 1.27 bits per heavy atom. The van der Waals surface area contributed by atoms with Gasteiger partial charge in [0.1, 0.15) is 0 Å². The molecule has 0 aromatic heterocycles. The summed E-state index contributed by atoms with van der Waals surface area (Å²) in [5.74, 6) is 0. The van der Waals surface area contributed by atoms with E-state index in [0.717, 1.165) is 5.69 Å². The Balaban J connectivity index is 2.65. The van der Waals surface area contributed by atoms with E-state index >= 15 is 0 Å². The Bertz CT molecular complexity index is 397. The van der Waals surface area contributed by atoms with Crippen molar-refractivity contribution in [1.29, 1.82) is 0 Å². The van der Waals surface area contributed by atoms with Gasteiger partial charge in [0.2, 0.25) is 0 Å². The molecule has 1 rings (SSSR count). The maximum atomic E-state index is 11.2. The molecule has 0 atom stereocenters. The third-order valence-electron chi connectivity index (χ3n) is 1.95. The van der Waals surface area contributed by atoms with E-state index < -0.39 is 9.84 Å². The molecule has 0 saturated heterocycles. The fourth-order valence-electron chi connectivity index (χ4n) is 1.13. The zero-order valence-electron chi connectivity index (χ0n) is 8.60. The molecule has 0 unspecified atom stereocenters. The highest BCUT2D eigenvalue weighted by Crippen LogP contribution is 2.13. The summed E-state index contributed by atoms with van der Waals surface area (Å²) in [5, 5.41) is 11.6. The molecule has 0 aliphatic heterocycles. The molecule has 1 aromatic carbocycles. The van der Waals surface area contributed by atoms with Gasteiger partial charge in [-0.25, -0.2) is 8.42 Å². The summed E-state index contributed by atoms with van der Waals surface area (Å²) in [4.78, 5) is 0.315. The SMILES string of the molecule is CS(=O)(=O)c1ccc(NCCCO)cc1. The van der Waals surface area contributed by atoms with Gasteiger partial charge in [0.15, 0.2) is 9.84 Å². The quantitative estimate of drug-likeness (QED) is 0.736. The van der Waals surface area contributed by atoms with Crippen molar-refractivity contribution < 1.29 is 13.5 Å². The summed E-state index contributed by atoms with van der Waals surface area (Å²) in [6.07, 6.45) is 1.86. The number of hydrogen-bond donors (Lipinski definition) is 2. The number of hydrogen-bond acceptors (Lipinski definition) is 4. The Kier molecular flexibility index (Phi) is 4.11. The lowest BCUT2D eigenvalue weighted by atomic mass is 10.3. The van der Waals surface area contributed by atoms with E-state index in [0.29, 0.717) is 17.9 Å². The van der Waals surface area contributed by atoms with Crippen LogP contribution in [0, 0.1) is 0 Å². The average molecular weight is 229 g/mol. The fourth-order valence-corrected chi connectivity index (χ4v) is 1.76. The van der Waals surface area contributed by atoms with Crippen molar-refractivity contribution >= 4 is 15.5 Å². The first-order valence-electron chi connectivity index (χ1n) is 4.69. The number of aliphatic hydroxyl groups excluding tert-OH is 1. The molecular weight excluding hydrogens is 214 g/mol. The highest BCUT2D eigenvalue weighted by Gasteiger charge is 2.05. The van der Waals surface area contributed by atoms with Crippen LogP contribution in [0.15, 0.2) is 29.2 Å². The highest BCUT2D eigenvalue weighted by molar-refractivity contribution is 7.90. The summed E-state index contributed by atoms with van der Waals surface area (Å²) in [6, 6.07) is 6.56. The molecule has 1 aromatic rings. The van der Waals surface area contributed by atoms with Crippen molar-refractivity contribution in [3.8, 4) is 0 Å². The topological polar surface area (TPSA) is 66.4 Å². The molecule has 15 heavy (non-hydrogen) atoms. The van der Waals surface area contributed by atoms with Crippen LogP contribution < -0.4 is 5.32 Å². The lowest BCUT2D eigenvalue weighted by molar-refractivity contribution is 0.292. The van der Waals surface area contributed by atoms with Gasteiger partial charge >= 0.3 is 0 Å². The maximum Gasteiger partial charge on any atom is 0.175 e. The minimum Gasteiger partial charge on any atom is -0.396 e. The van der Waals surface area contributed by atoms with E-state index in [1.165, 1.54) is 6.26 Å². The summed E-state index contributed by atoms with van der Waals surface area (Å²) in [6.45, 7) is 0.823. The molecule has 5 heteroatoms. The molecule has 0 saturated carbocycles. The fraction of sp³-hybridized carbons (Fsp3) is 0.400.